The Morgan fingerprint density at radius 2 is 1.96 bits per heavy atom. The molecule has 11 heteroatoms. The van der Waals surface area contributed by atoms with Crippen LogP contribution in [0.3, 0.4) is 0 Å². The van der Waals surface area contributed by atoms with E-state index >= 15 is 0 Å². The lowest BCUT2D eigenvalue weighted by Crippen LogP contribution is -2.37. The van der Waals surface area contributed by atoms with Gasteiger partial charge in [0.2, 0.25) is 10.0 Å². The van der Waals surface area contributed by atoms with Crippen molar-refractivity contribution in [2.24, 2.45) is 5.28 Å². The number of sulfonamides is 1. The number of ether oxygens (including phenoxy) is 1. The van der Waals surface area contributed by atoms with Gasteiger partial charge in [-0.2, -0.15) is 4.31 Å². The topological polar surface area (TPSA) is 115 Å². The van der Waals surface area contributed by atoms with Crippen LogP contribution in [0.1, 0.15) is 0 Å². The van der Waals surface area contributed by atoms with Crippen molar-refractivity contribution in [3.63, 3.8) is 0 Å². The van der Waals surface area contributed by atoms with Crippen LogP contribution in [-0.4, -0.2) is 68.9 Å². The molecule has 1 saturated heterocycles. The Morgan fingerprint density at radius 3 is 2.54 bits per heavy atom. The normalized spacial score (nSPS) is 16.2. The van der Waals surface area contributed by atoms with E-state index in [2.05, 4.69) is 10.1 Å². The van der Waals surface area contributed by atoms with Gasteiger partial charge in [-0.3, -0.25) is 4.79 Å². The van der Waals surface area contributed by atoms with Gasteiger partial charge in [0.25, 0.3) is 12.5 Å². The van der Waals surface area contributed by atoms with Crippen LogP contribution < -0.4 is 4.74 Å². The Morgan fingerprint density at radius 1 is 1.29 bits per heavy atom. The summed E-state index contributed by atoms with van der Waals surface area (Å²) in [5.41, 5.74) is 0. The first-order valence-electron chi connectivity index (χ1n) is 6.99. The molecule has 0 spiro atoms. The highest BCUT2D eigenvalue weighted by Crippen LogP contribution is 2.21. The Labute approximate surface area is 139 Å². The summed E-state index contributed by atoms with van der Waals surface area (Å²) < 4.78 is 31.3. The lowest BCUT2D eigenvalue weighted by molar-refractivity contribution is -0.547. The Bertz CT molecular complexity index is 718. The average Bonchev–Trinajstić information content (AvgIpc) is 3.06. The van der Waals surface area contributed by atoms with Crippen molar-refractivity contribution in [3.8, 4) is 5.75 Å². The molecule has 0 aliphatic carbocycles. The van der Waals surface area contributed by atoms with Crippen molar-refractivity contribution in [1.29, 1.82) is 0 Å². The molecule has 0 atom stereocenters. The van der Waals surface area contributed by atoms with E-state index in [9.17, 15) is 18.4 Å². The van der Waals surface area contributed by atoms with E-state index in [0.29, 0.717) is 5.75 Å². The molecule has 0 aromatic heterocycles. The third-order valence-electron chi connectivity index (χ3n) is 3.44. The number of hydrogen-bond donors (Lipinski definition) is 0. The van der Waals surface area contributed by atoms with Crippen LogP contribution in [0.4, 0.5) is 0 Å². The lowest BCUT2D eigenvalue weighted by atomic mass is 10.3. The molecular formula is C13H18N4O6S. The van der Waals surface area contributed by atoms with Gasteiger partial charge in [-0.25, -0.2) is 8.42 Å². The van der Waals surface area contributed by atoms with E-state index < -0.39 is 22.5 Å². The van der Waals surface area contributed by atoms with E-state index in [1.54, 1.807) is 12.1 Å². The molecule has 1 aliphatic heterocycles. The number of hydroxylamine groups is 1. The molecule has 0 saturated carbocycles. The SMILES string of the molecule is CO/N=[N+](/[O-])CC(=O)N1CCN(S(=O)(=O)c2ccc(OC)cc2)C1. The molecule has 1 fully saturated rings. The largest absolute Gasteiger partial charge is 0.597 e. The molecular weight excluding hydrogens is 340 g/mol. The lowest BCUT2D eigenvalue weighted by Gasteiger charge is -2.17. The third kappa shape index (κ3) is 3.92. The van der Waals surface area contributed by atoms with Crippen molar-refractivity contribution in [3.05, 3.63) is 29.5 Å². The number of methoxy groups -OCH3 is 1. The molecule has 2 rings (SSSR count). The molecule has 0 N–H and O–H groups in total. The first-order valence-corrected chi connectivity index (χ1v) is 8.43. The van der Waals surface area contributed by atoms with Crippen LogP contribution in [0.25, 0.3) is 0 Å². The molecule has 24 heavy (non-hydrogen) atoms. The quantitative estimate of drug-likeness (QED) is 0.402. The Hall–Kier alpha value is -2.40. The fourth-order valence-corrected chi connectivity index (χ4v) is 3.59. The van der Waals surface area contributed by atoms with Gasteiger partial charge in [-0.1, -0.05) is 0 Å². The van der Waals surface area contributed by atoms with E-state index in [0.717, 1.165) is 0 Å². The molecule has 10 nitrogen and oxygen atoms in total. The fraction of sp³-hybridized carbons (Fsp3) is 0.462. The first-order chi connectivity index (χ1) is 11.4. The van der Waals surface area contributed by atoms with E-state index in [4.69, 9.17) is 4.74 Å². The van der Waals surface area contributed by atoms with Crippen LogP contribution in [-0.2, 0) is 19.7 Å². The minimum atomic E-state index is -3.72. The highest BCUT2D eigenvalue weighted by molar-refractivity contribution is 7.89. The second-order valence-corrected chi connectivity index (χ2v) is 6.87. The first kappa shape index (κ1) is 17.9. The summed E-state index contributed by atoms with van der Waals surface area (Å²) >= 11 is 0. The number of amides is 1. The Kier molecular flexibility index (Phi) is 5.57. The fourth-order valence-electron chi connectivity index (χ4n) is 2.20. The van der Waals surface area contributed by atoms with Crippen LogP contribution in [0.2, 0.25) is 0 Å². The zero-order chi connectivity index (χ0) is 17.7. The van der Waals surface area contributed by atoms with Gasteiger partial charge in [0.05, 0.1) is 18.7 Å². The molecule has 0 bridgehead atoms. The summed E-state index contributed by atoms with van der Waals surface area (Å²) in [6.45, 7) is -0.298. The van der Waals surface area contributed by atoms with Crippen molar-refractivity contribution in [2.45, 2.75) is 4.90 Å². The summed E-state index contributed by atoms with van der Waals surface area (Å²) in [5, 5.41) is 14.3. The number of carbonyl (C=O) groups excluding carboxylic acids is 1. The van der Waals surface area contributed by atoms with Crippen molar-refractivity contribution in [1.82, 2.24) is 9.21 Å². The van der Waals surface area contributed by atoms with E-state index in [1.165, 1.54) is 35.6 Å². The van der Waals surface area contributed by atoms with E-state index in [1.807, 2.05) is 0 Å². The van der Waals surface area contributed by atoms with Crippen LogP contribution in [0, 0.1) is 5.21 Å². The van der Waals surface area contributed by atoms with Gasteiger partial charge < -0.3 is 19.7 Å². The summed E-state index contributed by atoms with van der Waals surface area (Å²) in [4.78, 5) is 17.7. The minimum Gasteiger partial charge on any atom is -0.597 e. The number of carbonyl (C=O) groups is 1. The molecule has 1 aromatic carbocycles. The number of nitrogens with zero attached hydrogens (tertiary/aromatic N) is 4. The Balaban J connectivity index is 2.05. The maximum absolute atomic E-state index is 12.6. The van der Waals surface area contributed by atoms with Crippen molar-refractivity contribution in [2.75, 3.05) is 40.5 Å². The third-order valence-corrected chi connectivity index (χ3v) is 5.29. The highest BCUT2D eigenvalue weighted by Gasteiger charge is 2.34. The summed E-state index contributed by atoms with van der Waals surface area (Å²) in [6, 6.07) is 5.98. The van der Waals surface area contributed by atoms with Crippen molar-refractivity contribution < 1.29 is 27.6 Å². The van der Waals surface area contributed by atoms with Gasteiger partial charge in [-0.05, 0) is 29.1 Å². The second kappa shape index (κ2) is 7.45. The summed E-state index contributed by atoms with van der Waals surface area (Å²) in [5.74, 6) is 0.0165. The van der Waals surface area contributed by atoms with Gasteiger partial charge >= 0.3 is 0 Å². The molecule has 0 radical (unpaired) electrons. The zero-order valence-electron chi connectivity index (χ0n) is 13.3. The van der Waals surface area contributed by atoms with Crippen LogP contribution in [0.5, 0.6) is 5.75 Å². The summed E-state index contributed by atoms with van der Waals surface area (Å²) in [6.07, 6.45) is 0. The predicted octanol–water partition coefficient (Wildman–Crippen LogP) is 0.00950. The average molecular weight is 358 g/mol. The molecule has 1 aliphatic rings. The van der Waals surface area contributed by atoms with Gasteiger partial charge in [0, 0.05) is 13.1 Å². The molecule has 1 heterocycles. The smallest absolute Gasteiger partial charge is 0.293 e. The zero-order valence-corrected chi connectivity index (χ0v) is 14.1. The van der Waals surface area contributed by atoms with E-state index in [-0.39, 0.29) is 29.5 Å². The van der Waals surface area contributed by atoms with Crippen LogP contribution in [0.15, 0.2) is 34.4 Å². The molecule has 132 valence electrons. The van der Waals surface area contributed by atoms with Gasteiger partial charge in [0.1, 0.15) is 12.9 Å². The number of hydrogen-bond acceptors (Lipinski definition) is 7. The minimum absolute atomic E-state index is 0.100. The predicted molar refractivity (Wildman–Crippen MR) is 81.4 cm³/mol. The molecule has 1 amide bonds. The monoisotopic (exact) mass is 358 g/mol. The maximum Gasteiger partial charge on any atom is 0.293 e. The summed E-state index contributed by atoms with van der Waals surface area (Å²) in [7, 11) is -1.05. The standard InChI is InChI=1S/C13H18N4O6S/c1-22-11-3-5-12(6-4-11)24(20,21)16-8-7-15(10-16)13(18)9-17(19)14-23-2/h3-6H,7-10H2,1-2H3/b17-14+. The van der Waals surface area contributed by atoms with Gasteiger partial charge in [-0.15, -0.1) is 0 Å². The maximum atomic E-state index is 12.6. The number of rotatable bonds is 6. The molecule has 0 unspecified atom stereocenters. The number of benzene rings is 1. The second-order valence-electron chi connectivity index (χ2n) is 4.93. The highest BCUT2D eigenvalue weighted by atomic mass is 32.2. The van der Waals surface area contributed by atoms with Crippen LogP contribution >= 0.6 is 0 Å². The van der Waals surface area contributed by atoms with Crippen molar-refractivity contribution >= 4 is 15.9 Å². The molecule has 1 aromatic rings. The van der Waals surface area contributed by atoms with Gasteiger partial charge in [0.15, 0.2) is 5.28 Å².